The van der Waals surface area contributed by atoms with E-state index in [9.17, 15) is 4.79 Å². The third-order valence-corrected chi connectivity index (χ3v) is 5.48. The molecule has 0 saturated carbocycles. The molecule has 0 heterocycles. The first-order chi connectivity index (χ1) is 14.6. The lowest BCUT2D eigenvalue weighted by molar-refractivity contribution is -0.118. The van der Waals surface area contributed by atoms with Crippen molar-refractivity contribution in [3.63, 3.8) is 0 Å². The second kappa shape index (κ2) is 11.4. The minimum absolute atomic E-state index is 0.136. The number of hydrazone groups is 1. The van der Waals surface area contributed by atoms with E-state index in [1.54, 1.807) is 6.21 Å². The van der Waals surface area contributed by atoms with Crippen LogP contribution >= 0.6 is 23.4 Å². The van der Waals surface area contributed by atoms with Crippen LogP contribution in [0.2, 0.25) is 5.02 Å². The molecule has 3 aromatic rings. The number of aryl methyl sites for hydroxylation is 1. The summed E-state index contributed by atoms with van der Waals surface area (Å²) in [6.45, 7) is 2.59. The Morgan fingerprint density at radius 2 is 1.67 bits per heavy atom. The molecule has 0 spiro atoms. The van der Waals surface area contributed by atoms with Gasteiger partial charge in [0.1, 0.15) is 12.4 Å². The molecule has 0 atom stereocenters. The number of ether oxygens (including phenoxy) is 1. The van der Waals surface area contributed by atoms with Gasteiger partial charge in [-0.1, -0.05) is 53.6 Å². The second-order valence-electron chi connectivity index (χ2n) is 6.76. The second-order valence-corrected chi connectivity index (χ2v) is 8.18. The predicted octanol–water partition coefficient (Wildman–Crippen LogP) is 5.61. The Kier molecular flexibility index (Phi) is 8.36. The van der Waals surface area contributed by atoms with Crippen LogP contribution in [-0.2, 0) is 17.2 Å². The highest BCUT2D eigenvalue weighted by atomic mass is 35.5. The number of nitrogens with zero attached hydrogens (tertiary/aromatic N) is 1. The number of thioether (sulfide) groups is 1. The van der Waals surface area contributed by atoms with Crippen molar-refractivity contribution in [1.29, 1.82) is 0 Å². The van der Waals surface area contributed by atoms with Crippen LogP contribution in [0.25, 0.3) is 0 Å². The van der Waals surface area contributed by atoms with Gasteiger partial charge in [-0.05, 0) is 60.0 Å². The molecule has 0 fully saturated rings. The first-order valence-corrected chi connectivity index (χ1v) is 11.0. The van der Waals surface area contributed by atoms with Crippen molar-refractivity contribution in [3.05, 3.63) is 100 Å². The van der Waals surface area contributed by atoms with E-state index in [2.05, 4.69) is 41.7 Å². The van der Waals surface area contributed by atoms with Gasteiger partial charge in [0.2, 0.25) is 5.91 Å². The van der Waals surface area contributed by atoms with Crippen LogP contribution in [0.1, 0.15) is 22.3 Å². The van der Waals surface area contributed by atoms with Crippen molar-refractivity contribution in [2.24, 2.45) is 5.10 Å². The number of nitrogens with one attached hydrogen (secondary N) is 1. The molecule has 154 valence electrons. The summed E-state index contributed by atoms with van der Waals surface area (Å²) in [6.07, 6.45) is 1.62. The van der Waals surface area contributed by atoms with Crippen LogP contribution in [0.4, 0.5) is 0 Å². The largest absolute Gasteiger partial charge is 0.489 e. The van der Waals surface area contributed by atoms with Crippen molar-refractivity contribution in [3.8, 4) is 5.75 Å². The van der Waals surface area contributed by atoms with Crippen molar-refractivity contribution in [2.45, 2.75) is 19.3 Å². The van der Waals surface area contributed by atoms with Gasteiger partial charge in [-0.3, -0.25) is 4.79 Å². The van der Waals surface area contributed by atoms with E-state index in [1.807, 2.05) is 48.5 Å². The van der Waals surface area contributed by atoms with Crippen LogP contribution in [-0.4, -0.2) is 17.9 Å². The molecule has 0 radical (unpaired) electrons. The van der Waals surface area contributed by atoms with E-state index in [-0.39, 0.29) is 5.91 Å². The Labute approximate surface area is 186 Å². The van der Waals surface area contributed by atoms with Gasteiger partial charge < -0.3 is 4.74 Å². The summed E-state index contributed by atoms with van der Waals surface area (Å²) >= 11 is 7.39. The van der Waals surface area contributed by atoms with Crippen LogP contribution in [0.5, 0.6) is 5.75 Å². The molecule has 0 bridgehead atoms. The van der Waals surface area contributed by atoms with E-state index in [0.717, 1.165) is 28.2 Å². The van der Waals surface area contributed by atoms with E-state index in [4.69, 9.17) is 16.3 Å². The predicted molar refractivity (Wildman–Crippen MR) is 125 cm³/mol. The van der Waals surface area contributed by atoms with Crippen LogP contribution < -0.4 is 10.2 Å². The maximum Gasteiger partial charge on any atom is 0.250 e. The maximum atomic E-state index is 11.9. The molecular weight excluding hydrogens is 416 g/mol. The van der Waals surface area contributed by atoms with Crippen molar-refractivity contribution in [1.82, 2.24) is 5.43 Å². The third-order valence-electron chi connectivity index (χ3n) is 4.22. The highest BCUT2D eigenvalue weighted by molar-refractivity contribution is 7.99. The first kappa shape index (κ1) is 21.9. The van der Waals surface area contributed by atoms with Crippen LogP contribution in [0.15, 0.2) is 77.9 Å². The maximum absolute atomic E-state index is 11.9. The molecule has 4 nitrogen and oxygen atoms in total. The molecule has 0 aromatic heterocycles. The van der Waals surface area contributed by atoms with Gasteiger partial charge in [0, 0.05) is 10.8 Å². The van der Waals surface area contributed by atoms with Crippen molar-refractivity contribution >= 4 is 35.5 Å². The topological polar surface area (TPSA) is 50.7 Å². The normalized spacial score (nSPS) is 10.9. The summed E-state index contributed by atoms with van der Waals surface area (Å²) in [7, 11) is 0. The lowest BCUT2D eigenvalue weighted by Gasteiger charge is -2.07. The van der Waals surface area contributed by atoms with Gasteiger partial charge >= 0.3 is 0 Å². The van der Waals surface area contributed by atoms with E-state index < -0.39 is 0 Å². The Balaban J connectivity index is 1.37. The highest BCUT2D eigenvalue weighted by Gasteiger charge is 2.01. The molecule has 6 heteroatoms. The monoisotopic (exact) mass is 438 g/mol. The Hall–Kier alpha value is -2.76. The molecular formula is C24H23ClN2O2S. The zero-order valence-corrected chi connectivity index (χ0v) is 18.2. The van der Waals surface area contributed by atoms with Crippen LogP contribution in [0, 0.1) is 6.92 Å². The zero-order chi connectivity index (χ0) is 21.2. The minimum atomic E-state index is -0.136. The molecule has 3 rings (SSSR count). The van der Waals surface area contributed by atoms with E-state index in [1.165, 1.54) is 17.3 Å². The Morgan fingerprint density at radius 1 is 1.00 bits per heavy atom. The number of hydrogen-bond acceptors (Lipinski definition) is 4. The van der Waals surface area contributed by atoms with Gasteiger partial charge in [0.05, 0.1) is 12.0 Å². The lowest BCUT2D eigenvalue weighted by Crippen LogP contribution is -2.19. The summed E-state index contributed by atoms with van der Waals surface area (Å²) in [5, 5.41) is 4.72. The number of carbonyl (C=O) groups is 1. The summed E-state index contributed by atoms with van der Waals surface area (Å²) in [5.74, 6) is 1.74. The van der Waals surface area contributed by atoms with Crippen molar-refractivity contribution < 1.29 is 9.53 Å². The SMILES string of the molecule is Cc1ccc(COc2ccc(/C=N\NC(=O)CSCc3ccc(Cl)cc3)cc2)cc1. The number of rotatable bonds is 9. The number of carbonyl (C=O) groups excluding carboxylic acids is 1. The van der Waals surface area contributed by atoms with Gasteiger partial charge in [0.25, 0.3) is 0 Å². The van der Waals surface area contributed by atoms with Gasteiger partial charge in [0.15, 0.2) is 0 Å². The number of hydrogen-bond donors (Lipinski definition) is 1. The highest BCUT2D eigenvalue weighted by Crippen LogP contribution is 2.16. The average Bonchev–Trinajstić information content (AvgIpc) is 2.76. The molecule has 30 heavy (non-hydrogen) atoms. The summed E-state index contributed by atoms with van der Waals surface area (Å²) in [6, 6.07) is 23.5. The molecule has 0 aliphatic rings. The first-order valence-electron chi connectivity index (χ1n) is 9.51. The molecule has 0 aliphatic carbocycles. The van der Waals surface area contributed by atoms with Gasteiger partial charge in [-0.2, -0.15) is 5.10 Å². The lowest BCUT2D eigenvalue weighted by atomic mass is 10.2. The Bertz CT molecular complexity index is 972. The van der Waals surface area contributed by atoms with Gasteiger partial charge in [-0.25, -0.2) is 5.43 Å². The zero-order valence-electron chi connectivity index (χ0n) is 16.7. The van der Waals surface area contributed by atoms with E-state index >= 15 is 0 Å². The third kappa shape index (κ3) is 7.58. The fraction of sp³-hybridized carbons (Fsp3) is 0.167. The Morgan fingerprint density at radius 3 is 2.37 bits per heavy atom. The minimum Gasteiger partial charge on any atom is -0.489 e. The summed E-state index contributed by atoms with van der Waals surface area (Å²) in [5.41, 5.74) is 6.92. The number of amides is 1. The molecule has 0 aliphatic heterocycles. The standard InChI is InChI=1S/C24H23ClN2O2S/c1-18-2-4-20(5-3-18)15-29-23-12-8-19(9-13-23)14-26-27-24(28)17-30-16-21-6-10-22(25)11-7-21/h2-14H,15-17H2,1H3,(H,27,28)/b26-14-. The number of halogens is 1. The quantitative estimate of drug-likeness (QED) is 0.349. The van der Waals surface area contributed by atoms with Gasteiger partial charge in [-0.15, -0.1) is 11.8 Å². The molecule has 1 N–H and O–H groups in total. The van der Waals surface area contributed by atoms with Crippen LogP contribution in [0.3, 0.4) is 0 Å². The van der Waals surface area contributed by atoms with Crippen molar-refractivity contribution in [2.75, 3.05) is 5.75 Å². The summed E-state index contributed by atoms with van der Waals surface area (Å²) < 4.78 is 5.79. The molecule has 3 aromatic carbocycles. The number of benzene rings is 3. The fourth-order valence-corrected chi connectivity index (χ4v) is 3.46. The average molecular weight is 439 g/mol. The molecule has 0 saturated heterocycles. The van der Waals surface area contributed by atoms with E-state index in [0.29, 0.717) is 17.4 Å². The molecule has 1 amide bonds. The smallest absolute Gasteiger partial charge is 0.250 e. The summed E-state index contributed by atoms with van der Waals surface area (Å²) in [4.78, 5) is 11.9. The molecule has 0 unspecified atom stereocenters. The fourth-order valence-electron chi connectivity index (χ4n) is 2.55.